The highest BCUT2D eigenvalue weighted by molar-refractivity contribution is 5.98. The zero-order valence-corrected chi connectivity index (χ0v) is 9.27. The maximum Gasteiger partial charge on any atom is 0.308 e. The van der Waals surface area contributed by atoms with Crippen LogP contribution in [0.4, 0.5) is 0 Å². The van der Waals surface area contributed by atoms with Crippen molar-refractivity contribution in [3.05, 3.63) is 29.8 Å². The Morgan fingerprint density at radius 1 is 1.25 bits per heavy atom. The fraction of sp³-hybridized carbons (Fsp3) is 0.333. The molecule has 0 aliphatic heterocycles. The summed E-state index contributed by atoms with van der Waals surface area (Å²) in [6.07, 6.45) is 0. The lowest BCUT2D eigenvalue weighted by Crippen LogP contribution is -2.17. The molecule has 0 unspecified atom stereocenters. The highest BCUT2D eigenvalue weighted by atomic mass is 16.5. The van der Waals surface area contributed by atoms with Gasteiger partial charge in [-0.15, -0.1) is 0 Å². The first-order valence-corrected chi connectivity index (χ1v) is 4.99. The van der Waals surface area contributed by atoms with E-state index >= 15 is 0 Å². The lowest BCUT2D eigenvalue weighted by atomic mass is 10.1. The molecule has 1 aromatic carbocycles. The molecule has 4 heteroatoms. The molecular weight excluding hydrogens is 208 g/mol. The first-order valence-electron chi connectivity index (χ1n) is 4.99. The third-order valence-corrected chi connectivity index (χ3v) is 2.01. The molecule has 0 saturated heterocycles. The van der Waals surface area contributed by atoms with Crippen molar-refractivity contribution < 1.29 is 19.4 Å². The summed E-state index contributed by atoms with van der Waals surface area (Å²) in [6.45, 7) is 3.14. The predicted molar refractivity (Wildman–Crippen MR) is 58.2 cm³/mol. The Morgan fingerprint density at radius 2 is 1.81 bits per heavy atom. The number of esters is 1. The Labute approximate surface area is 93.9 Å². The molecule has 0 amide bonds. The second-order valence-electron chi connectivity index (χ2n) is 3.73. The highest BCUT2D eigenvalue weighted by Crippen LogP contribution is 2.10. The number of hydrogen-bond donors (Lipinski definition) is 1. The SMILES string of the molecule is CC(C)C(=O)OCC(=O)c1ccc(O)cc1. The first kappa shape index (κ1) is 12.2. The van der Waals surface area contributed by atoms with Gasteiger partial charge in [0.1, 0.15) is 5.75 Å². The number of carbonyl (C=O) groups is 2. The van der Waals surface area contributed by atoms with Gasteiger partial charge in [0.15, 0.2) is 12.4 Å². The van der Waals surface area contributed by atoms with E-state index in [4.69, 9.17) is 9.84 Å². The van der Waals surface area contributed by atoms with Crippen molar-refractivity contribution in [2.24, 2.45) is 5.92 Å². The average molecular weight is 222 g/mol. The van der Waals surface area contributed by atoms with Gasteiger partial charge in [-0.25, -0.2) is 0 Å². The number of ketones is 1. The number of phenolic OH excluding ortho intramolecular Hbond substituents is 1. The molecule has 0 saturated carbocycles. The van der Waals surface area contributed by atoms with Gasteiger partial charge in [-0.3, -0.25) is 9.59 Å². The minimum Gasteiger partial charge on any atom is -0.508 e. The number of hydrogen-bond acceptors (Lipinski definition) is 4. The third kappa shape index (κ3) is 3.38. The molecule has 0 atom stereocenters. The minimum atomic E-state index is -0.396. The fourth-order valence-electron chi connectivity index (χ4n) is 1.03. The van der Waals surface area contributed by atoms with Crippen LogP contribution in [0.5, 0.6) is 5.75 Å². The van der Waals surface area contributed by atoms with Gasteiger partial charge in [0.05, 0.1) is 5.92 Å². The summed E-state index contributed by atoms with van der Waals surface area (Å²) in [5.41, 5.74) is 0.411. The van der Waals surface area contributed by atoms with Crippen LogP contribution < -0.4 is 0 Å². The van der Waals surface area contributed by atoms with E-state index in [1.807, 2.05) is 0 Å². The van der Waals surface area contributed by atoms with Crippen LogP contribution in [-0.2, 0) is 9.53 Å². The number of Topliss-reactive ketones (excluding diaryl/α,β-unsaturated/α-hetero) is 1. The van der Waals surface area contributed by atoms with Gasteiger partial charge in [-0.05, 0) is 24.3 Å². The van der Waals surface area contributed by atoms with Crippen LogP contribution in [0.15, 0.2) is 24.3 Å². The summed E-state index contributed by atoms with van der Waals surface area (Å²) >= 11 is 0. The standard InChI is InChI=1S/C12H14O4/c1-8(2)12(15)16-7-11(14)9-3-5-10(13)6-4-9/h3-6,8,13H,7H2,1-2H3. The molecule has 16 heavy (non-hydrogen) atoms. The van der Waals surface area contributed by atoms with Crippen LogP contribution in [0.25, 0.3) is 0 Å². The Balaban J connectivity index is 2.53. The zero-order valence-electron chi connectivity index (χ0n) is 9.27. The van der Waals surface area contributed by atoms with Gasteiger partial charge in [0.25, 0.3) is 0 Å². The quantitative estimate of drug-likeness (QED) is 0.623. The summed E-state index contributed by atoms with van der Waals surface area (Å²) in [5, 5.41) is 9.03. The summed E-state index contributed by atoms with van der Waals surface area (Å²) < 4.78 is 4.80. The van der Waals surface area contributed by atoms with E-state index in [0.29, 0.717) is 5.56 Å². The smallest absolute Gasteiger partial charge is 0.308 e. The number of ether oxygens (including phenoxy) is 1. The van der Waals surface area contributed by atoms with Crippen molar-refractivity contribution in [3.8, 4) is 5.75 Å². The molecular formula is C12H14O4. The Hall–Kier alpha value is -1.84. The van der Waals surface area contributed by atoms with Crippen LogP contribution in [0.2, 0.25) is 0 Å². The van der Waals surface area contributed by atoms with Gasteiger partial charge in [-0.2, -0.15) is 0 Å². The number of phenols is 1. The molecule has 0 heterocycles. The first-order chi connectivity index (χ1) is 7.50. The number of carbonyl (C=O) groups excluding carboxylic acids is 2. The molecule has 0 aromatic heterocycles. The van der Waals surface area contributed by atoms with E-state index in [2.05, 4.69) is 0 Å². The summed E-state index contributed by atoms with van der Waals surface area (Å²) in [4.78, 5) is 22.6. The van der Waals surface area contributed by atoms with Crippen LogP contribution in [0.3, 0.4) is 0 Å². The fourth-order valence-corrected chi connectivity index (χ4v) is 1.03. The number of aromatic hydroxyl groups is 1. The molecule has 0 fully saturated rings. The predicted octanol–water partition coefficient (Wildman–Crippen LogP) is 1.77. The van der Waals surface area contributed by atoms with Crippen LogP contribution in [0.1, 0.15) is 24.2 Å². The lowest BCUT2D eigenvalue weighted by molar-refractivity contribution is -0.146. The van der Waals surface area contributed by atoms with Crippen molar-refractivity contribution in [2.45, 2.75) is 13.8 Å². The van der Waals surface area contributed by atoms with Crippen molar-refractivity contribution in [1.29, 1.82) is 0 Å². The minimum absolute atomic E-state index is 0.0933. The van der Waals surface area contributed by atoms with Crippen molar-refractivity contribution >= 4 is 11.8 Å². The number of rotatable bonds is 4. The summed E-state index contributed by atoms with van der Waals surface area (Å²) in [6, 6.07) is 5.80. The maximum atomic E-state index is 11.5. The molecule has 1 N–H and O–H groups in total. The third-order valence-electron chi connectivity index (χ3n) is 2.01. The molecule has 0 spiro atoms. The lowest BCUT2D eigenvalue weighted by Gasteiger charge is -2.06. The Bertz CT molecular complexity index is 379. The highest BCUT2D eigenvalue weighted by Gasteiger charge is 2.12. The van der Waals surface area contributed by atoms with E-state index < -0.39 is 5.97 Å². The molecule has 1 rings (SSSR count). The van der Waals surface area contributed by atoms with Crippen molar-refractivity contribution in [1.82, 2.24) is 0 Å². The normalized spacial score (nSPS) is 10.2. The Morgan fingerprint density at radius 3 is 2.31 bits per heavy atom. The molecule has 0 radical (unpaired) electrons. The van der Waals surface area contributed by atoms with Gasteiger partial charge >= 0.3 is 5.97 Å². The van der Waals surface area contributed by atoms with Crippen LogP contribution in [-0.4, -0.2) is 23.5 Å². The summed E-state index contributed by atoms with van der Waals surface area (Å²) in [7, 11) is 0. The Kier molecular flexibility index (Phi) is 4.05. The topological polar surface area (TPSA) is 63.6 Å². The molecule has 0 aliphatic carbocycles. The van der Waals surface area contributed by atoms with Crippen molar-refractivity contribution in [3.63, 3.8) is 0 Å². The van der Waals surface area contributed by atoms with E-state index in [9.17, 15) is 9.59 Å². The van der Waals surface area contributed by atoms with E-state index in [1.54, 1.807) is 13.8 Å². The maximum absolute atomic E-state index is 11.5. The van der Waals surface area contributed by atoms with Crippen molar-refractivity contribution in [2.75, 3.05) is 6.61 Å². The van der Waals surface area contributed by atoms with Gasteiger partial charge in [0, 0.05) is 5.56 Å². The molecule has 4 nitrogen and oxygen atoms in total. The zero-order chi connectivity index (χ0) is 12.1. The average Bonchev–Trinajstić information content (AvgIpc) is 2.26. The second kappa shape index (κ2) is 5.30. The molecule has 86 valence electrons. The number of benzene rings is 1. The van der Waals surface area contributed by atoms with E-state index in [0.717, 1.165) is 0 Å². The molecule has 0 aliphatic rings. The second-order valence-corrected chi connectivity index (χ2v) is 3.73. The molecule has 1 aromatic rings. The molecule has 0 bridgehead atoms. The van der Waals surface area contributed by atoms with Crippen LogP contribution in [0, 0.1) is 5.92 Å². The van der Waals surface area contributed by atoms with Crippen LogP contribution >= 0.6 is 0 Å². The largest absolute Gasteiger partial charge is 0.508 e. The van der Waals surface area contributed by atoms with Gasteiger partial charge < -0.3 is 9.84 Å². The van der Waals surface area contributed by atoms with E-state index in [-0.39, 0.29) is 24.1 Å². The summed E-state index contributed by atoms with van der Waals surface area (Å²) in [5.74, 6) is -0.829. The monoisotopic (exact) mass is 222 g/mol. The van der Waals surface area contributed by atoms with E-state index in [1.165, 1.54) is 24.3 Å². The van der Waals surface area contributed by atoms with Gasteiger partial charge in [-0.1, -0.05) is 13.8 Å². The van der Waals surface area contributed by atoms with Gasteiger partial charge in [0.2, 0.25) is 0 Å².